The summed E-state index contributed by atoms with van der Waals surface area (Å²) >= 11 is 0. The van der Waals surface area contributed by atoms with Gasteiger partial charge in [-0.1, -0.05) is 54.4 Å². The molecule has 0 bridgehead atoms. The number of fused-ring (bicyclic) bond motifs is 2. The van der Waals surface area contributed by atoms with Crippen molar-refractivity contribution in [2.45, 2.75) is 96.1 Å². The molecule has 2 aromatic carbocycles. The van der Waals surface area contributed by atoms with Crippen LogP contribution < -0.4 is 9.47 Å². The summed E-state index contributed by atoms with van der Waals surface area (Å²) in [5, 5.41) is 24.6. The number of aliphatic hydroxyl groups excluding tert-OH is 2. The zero-order chi connectivity index (χ0) is 42.5. The number of aromatic nitrogens is 1. The highest BCUT2D eigenvalue weighted by molar-refractivity contribution is 6.03. The molecule has 12 heteroatoms. The third kappa shape index (κ3) is 10.3. The largest absolute Gasteiger partial charge is 0.487 e. The molecule has 1 aliphatic heterocycles. The lowest BCUT2D eigenvalue weighted by molar-refractivity contribution is -0.256. The Bertz CT molecular complexity index is 1970. The van der Waals surface area contributed by atoms with Crippen LogP contribution in [0.2, 0.25) is 0 Å². The molecule has 2 aliphatic carbocycles. The van der Waals surface area contributed by atoms with Crippen molar-refractivity contribution in [3.8, 4) is 11.5 Å². The SMILES string of the molecule is C=CCCOC(=O)N(Cc1ccc(F)cc1)[C@H]1CC(=NOCC)C2=C[C@H](CCCCO)[C@@H](CCCCO)[C@@H]3c4cc(OCc5cccc(C)n5)ccc4O[C@@]1(OCC=C)[C@H]23. The van der Waals surface area contributed by atoms with Crippen LogP contribution in [0, 0.1) is 30.5 Å². The second-order valence-corrected chi connectivity index (χ2v) is 15.7. The maximum absolute atomic E-state index is 14.5. The standard InChI is InChI=1S/C48H60FN3O8/c1-5-8-27-56-47(55)52(31-34-18-20-36(49)21-19-34)44-30-42(51-59-7-3)40-28-35(15-9-11-24-53)39(17-10-12-25-54)45-41-29-38(57-32-37-16-13-14-33(4)50-37)22-23-43(41)60-48(44,46(40)45)58-26-6-2/h5-6,13-14,16,18-23,28-29,35,39,44-46,53-54H,1-2,7-12,15,17,24-27,30-32H2,3-4H3/t35-,39+,44-,45+,46+,48+/m0/s1. The van der Waals surface area contributed by atoms with E-state index in [9.17, 15) is 19.4 Å². The quantitative estimate of drug-likeness (QED) is 0.0579. The van der Waals surface area contributed by atoms with Gasteiger partial charge in [-0.3, -0.25) is 9.88 Å². The minimum absolute atomic E-state index is 0.0317. The van der Waals surface area contributed by atoms with E-state index in [1.807, 2.05) is 44.2 Å². The van der Waals surface area contributed by atoms with Crippen molar-refractivity contribution in [1.82, 2.24) is 9.88 Å². The van der Waals surface area contributed by atoms with E-state index in [4.69, 9.17) is 28.9 Å². The molecule has 0 radical (unpaired) electrons. The van der Waals surface area contributed by atoms with Gasteiger partial charge in [0.05, 0.1) is 30.5 Å². The number of rotatable bonds is 22. The van der Waals surface area contributed by atoms with Gasteiger partial charge in [-0.2, -0.15) is 0 Å². The Morgan fingerprint density at radius 1 is 1.05 bits per heavy atom. The average molecular weight is 826 g/mol. The molecule has 3 aliphatic rings. The Hall–Kier alpha value is -5.04. The van der Waals surface area contributed by atoms with Crippen LogP contribution in [0.25, 0.3) is 0 Å². The van der Waals surface area contributed by atoms with Gasteiger partial charge in [0.2, 0.25) is 5.79 Å². The fourth-order valence-electron chi connectivity index (χ4n) is 9.12. The lowest BCUT2D eigenvalue weighted by Crippen LogP contribution is -2.70. The van der Waals surface area contributed by atoms with E-state index < -0.39 is 23.8 Å². The minimum Gasteiger partial charge on any atom is -0.487 e. The summed E-state index contributed by atoms with van der Waals surface area (Å²) in [7, 11) is 0. The van der Waals surface area contributed by atoms with E-state index in [0.29, 0.717) is 48.6 Å². The summed E-state index contributed by atoms with van der Waals surface area (Å²) < 4.78 is 40.9. The van der Waals surface area contributed by atoms with E-state index >= 15 is 0 Å². The number of unbranched alkanes of at least 4 members (excludes halogenated alkanes) is 2. The summed E-state index contributed by atoms with van der Waals surface area (Å²) in [4.78, 5) is 26.6. The molecule has 6 atom stereocenters. The fraction of sp³-hybridized carbons (Fsp3) is 0.479. The Labute approximate surface area is 353 Å². The first-order valence-electron chi connectivity index (χ1n) is 21.3. The number of amides is 1. The van der Waals surface area contributed by atoms with E-state index in [0.717, 1.165) is 48.2 Å². The van der Waals surface area contributed by atoms with Gasteiger partial charge in [-0.25, -0.2) is 9.18 Å². The molecule has 3 aromatic rings. The molecule has 322 valence electrons. The van der Waals surface area contributed by atoms with Gasteiger partial charge in [-0.15, -0.1) is 13.2 Å². The second-order valence-electron chi connectivity index (χ2n) is 15.7. The molecule has 0 unspecified atom stereocenters. The molecule has 1 fully saturated rings. The molecule has 11 nitrogen and oxygen atoms in total. The predicted octanol–water partition coefficient (Wildman–Crippen LogP) is 8.98. The minimum atomic E-state index is -1.49. The molecule has 1 aromatic heterocycles. The molecular weight excluding hydrogens is 766 g/mol. The molecule has 0 spiro atoms. The first-order valence-corrected chi connectivity index (χ1v) is 21.3. The first kappa shape index (κ1) is 44.5. The number of carbonyl (C=O) groups is 1. The van der Waals surface area contributed by atoms with Crippen LogP contribution in [0.5, 0.6) is 11.5 Å². The number of benzene rings is 2. The van der Waals surface area contributed by atoms with Crippen molar-refractivity contribution in [3.05, 3.63) is 126 Å². The van der Waals surface area contributed by atoms with Gasteiger partial charge in [0, 0.05) is 43.4 Å². The van der Waals surface area contributed by atoms with Crippen LogP contribution in [0.15, 0.2) is 103 Å². The van der Waals surface area contributed by atoms with Crippen molar-refractivity contribution < 1.29 is 43.2 Å². The van der Waals surface area contributed by atoms with Crippen molar-refractivity contribution in [2.24, 2.45) is 22.9 Å². The van der Waals surface area contributed by atoms with Crippen LogP contribution in [0.3, 0.4) is 0 Å². The molecule has 6 rings (SSSR count). The monoisotopic (exact) mass is 825 g/mol. The second kappa shape index (κ2) is 21.5. The summed E-state index contributed by atoms with van der Waals surface area (Å²) in [5.74, 6) is -1.28. The molecule has 2 N–H and O–H groups in total. The molecule has 0 saturated heterocycles. The number of nitrogens with zero attached hydrogens (tertiary/aromatic N) is 3. The van der Waals surface area contributed by atoms with Crippen LogP contribution in [-0.2, 0) is 27.5 Å². The molecule has 60 heavy (non-hydrogen) atoms. The van der Waals surface area contributed by atoms with E-state index in [2.05, 4.69) is 30.3 Å². The fourth-order valence-corrected chi connectivity index (χ4v) is 9.12. The van der Waals surface area contributed by atoms with Crippen molar-refractivity contribution in [3.63, 3.8) is 0 Å². The molecule has 1 amide bonds. The number of carbonyl (C=O) groups excluding carboxylic acids is 1. The lowest BCUT2D eigenvalue weighted by Gasteiger charge is -2.59. The van der Waals surface area contributed by atoms with Crippen LogP contribution in [0.4, 0.5) is 9.18 Å². The van der Waals surface area contributed by atoms with Gasteiger partial charge in [-0.05, 0) is 111 Å². The lowest BCUT2D eigenvalue weighted by atomic mass is 9.55. The van der Waals surface area contributed by atoms with Crippen LogP contribution >= 0.6 is 0 Å². The zero-order valence-electron chi connectivity index (χ0n) is 35.0. The van der Waals surface area contributed by atoms with Gasteiger partial charge < -0.3 is 34.0 Å². The van der Waals surface area contributed by atoms with Crippen molar-refractivity contribution >= 4 is 11.8 Å². The highest BCUT2D eigenvalue weighted by Crippen LogP contribution is 2.62. The number of aliphatic hydroxyl groups is 2. The van der Waals surface area contributed by atoms with Gasteiger partial charge in [0.15, 0.2) is 0 Å². The smallest absolute Gasteiger partial charge is 0.410 e. The maximum Gasteiger partial charge on any atom is 0.410 e. The topological polar surface area (TPSA) is 132 Å². The number of hydrogen-bond donors (Lipinski definition) is 2. The number of aryl methyl sites for hydroxylation is 1. The number of hydrogen-bond acceptors (Lipinski definition) is 10. The number of allylic oxidation sites excluding steroid dienone is 1. The van der Waals surface area contributed by atoms with Crippen molar-refractivity contribution in [2.75, 3.05) is 33.0 Å². The zero-order valence-corrected chi connectivity index (χ0v) is 35.0. The number of halogens is 1. The summed E-state index contributed by atoms with van der Waals surface area (Å²) in [6.45, 7) is 12.7. The Balaban J connectivity index is 1.57. The Kier molecular flexibility index (Phi) is 15.9. The normalized spacial score (nSPS) is 23.4. The predicted molar refractivity (Wildman–Crippen MR) is 228 cm³/mol. The highest BCUT2D eigenvalue weighted by atomic mass is 19.1. The van der Waals surface area contributed by atoms with Gasteiger partial charge in [0.25, 0.3) is 0 Å². The number of pyridine rings is 1. The van der Waals surface area contributed by atoms with E-state index in [1.54, 1.807) is 29.2 Å². The highest BCUT2D eigenvalue weighted by Gasteiger charge is 2.65. The first-order chi connectivity index (χ1) is 29.3. The van der Waals surface area contributed by atoms with E-state index in [-0.39, 0.29) is 69.6 Å². The van der Waals surface area contributed by atoms with Gasteiger partial charge >= 0.3 is 6.09 Å². The summed E-state index contributed by atoms with van der Waals surface area (Å²) in [6.07, 6.45) is 10.2. The summed E-state index contributed by atoms with van der Waals surface area (Å²) in [5.41, 5.74) is 4.93. The number of oxime groups is 1. The maximum atomic E-state index is 14.5. The van der Waals surface area contributed by atoms with Gasteiger partial charge in [0.1, 0.15) is 36.6 Å². The Morgan fingerprint density at radius 3 is 2.55 bits per heavy atom. The van der Waals surface area contributed by atoms with E-state index in [1.165, 1.54) is 12.1 Å². The Morgan fingerprint density at radius 2 is 1.83 bits per heavy atom. The number of ether oxygens (including phenoxy) is 4. The third-order valence-corrected chi connectivity index (χ3v) is 11.7. The van der Waals surface area contributed by atoms with Crippen LogP contribution in [0.1, 0.15) is 86.7 Å². The van der Waals surface area contributed by atoms with Crippen molar-refractivity contribution in [1.29, 1.82) is 0 Å². The average Bonchev–Trinajstić information content (AvgIpc) is 3.25. The third-order valence-electron chi connectivity index (χ3n) is 11.7. The summed E-state index contributed by atoms with van der Waals surface area (Å²) in [6, 6.07) is 16.9. The van der Waals surface area contributed by atoms with Crippen LogP contribution in [-0.4, -0.2) is 76.8 Å². The molecule has 2 heterocycles. The molecule has 1 saturated carbocycles. The molecular formula is C48H60FN3O8.